The fourth-order valence-electron chi connectivity index (χ4n) is 5.91. The Hall–Kier alpha value is -5.26. The molecule has 0 spiro atoms. The lowest BCUT2D eigenvalue weighted by Gasteiger charge is -2.29. The Kier molecular flexibility index (Phi) is 7.85. The van der Waals surface area contributed by atoms with E-state index in [1.54, 1.807) is 22.8 Å². The average Bonchev–Trinajstić information content (AvgIpc) is 3.46. The molecule has 2 N–H and O–H groups in total. The van der Waals surface area contributed by atoms with Crippen molar-refractivity contribution in [2.75, 3.05) is 23.8 Å². The third-order valence-corrected chi connectivity index (χ3v) is 8.25. The van der Waals surface area contributed by atoms with Gasteiger partial charge in [-0.2, -0.15) is 0 Å². The Morgan fingerprint density at radius 3 is 2.59 bits per heavy atom. The third-order valence-electron chi connectivity index (χ3n) is 8.01. The van der Waals surface area contributed by atoms with Crippen LogP contribution >= 0.6 is 11.6 Å². The molecule has 3 heterocycles. The Bertz CT molecular complexity index is 2150. The molecule has 0 fully saturated rings. The Morgan fingerprint density at radius 1 is 1.00 bits per heavy atom. The highest BCUT2D eigenvalue weighted by molar-refractivity contribution is 6.31. The third kappa shape index (κ3) is 5.66. The minimum atomic E-state index is -0.401. The van der Waals surface area contributed by atoms with Crippen LogP contribution in [0.15, 0.2) is 89.7 Å². The molecule has 10 nitrogen and oxygen atoms in total. The van der Waals surface area contributed by atoms with Crippen molar-refractivity contribution in [2.24, 2.45) is 0 Å². The molecule has 12 heteroatoms. The first-order chi connectivity index (χ1) is 22.4. The molecule has 0 saturated heterocycles. The number of carbonyl (C=O) groups is 1. The van der Waals surface area contributed by atoms with Crippen molar-refractivity contribution in [3.05, 3.63) is 123 Å². The maximum atomic E-state index is 13.8. The number of ether oxygens (including phenoxy) is 1. The SMILES string of the molecule is CCOc1ccc(-n2c(=O)c3ccc(Cl)cc3n3c(CN4CCc5c(cccc5NC(=O)Nc5ccc(F)cc5)C4)nnc23)cc1. The number of urea groups is 1. The molecule has 0 atom stereocenters. The molecule has 6 aromatic rings. The number of carbonyl (C=O) groups excluding carboxylic acids is 1. The predicted octanol–water partition coefficient (Wildman–Crippen LogP) is 6.43. The quantitative estimate of drug-likeness (QED) is 0.209. The van der Waals surface area contributed by atoms with Gasteiger partial charge in [0.25, 0.3) is 5.56 Å². The summed E-state index contributed by atoms with van der Waals surface area (Å²) >= 11 is 6.41. The highest BCUT2D eigenvalue weighted by atomic mass is 35.5. The molecular weight excluding hydrogens is 609 g/mol. The summed E-state index contributed by atoms with van der Waals surface area (Å²) in [5.41, 5.74) is 4.41. The first-order valence-corrected chi connectivity index (χ1v) is 15.2. The summed E-state index contributed by atoms with van der Waals surface area (Å²) in [6.45, 7) is 4.25. The molecule has 2 aromatic heterocycles. The molecule has 46 heavy (non-hydrogen) atoms. The normalized spacial score (nSPS) is 13.1. The molecule has 4 aromatic carbocycles. The number of nitrogens with zero attached hydrogens (tertiary/aromatic N) is 5. The Labute approximate surface area is 268 Å². The number of amides is 2. The second kappa shape index (κ2) is 12.3. The van der Waals surface area contributed by atoms with Gasteiger partial charge < -0.3 is 15.4 Å². The number of aromatic nitrogens is 4. The van der Waals surface area contributed by atoms with E-state index in [0.29, 0.717) is 77.3 Å². The number of hydrogen-bond acceptors (Lipinski definition) is 6. The van der Waals surface area contributed by atoms with Crippen LogP contribution in [0.5, 0.6) is 5.75 Å². The van der Waals surface area contributed by atoms with Gasteiger partial charge >= 0.3 is 6.03 Å². The molecule has 1 aliphatic heterocycles. The summed E-state index contributed by atoms with van der Waals surface area (Å²) in [5.74, 6) is 1.39. The summed E-state index contributed by atoms with van der Waals surface area (Å²) in [6, 6.07) is 23.5. The molecule has 7 rings (SSSR count). The maximum absolute atomic E-state index is 13.8. The van der Waals surface area contributed by atoms with E-state index in [2.05, 4.69) is 25.7 Å². The molecule has 0 bridgehead atoms. The van der Waals surface area contributed by atoms with E-state index in [-0.39, 0.29) is 11.4 Å². The van der Waals surface area contributed by atoms with E-state index in [1.165, 1.54) is 24.3 Å². The highest BCUT2D eigenvalue weighted by Crippen LogP contribution is 2.28. The van der Waals surface area contributed by atoms with E-state index < -0.39 is 6.03 Å². The van der Waals surface area contributed by atoms with E-state index in [0.717, 1.165) is 16.8 Å². The topological polar surface area (TPSA) is 106 Å². The molecule has 1 aliphatic rings. The molecule has 2 amide bonds. The lowest BCUT2D eigenvalue weighted by atomic mass is 9.97. The molecule has 0 radical (unpaired) electrons. The standard InChI is InChI=1S/C34H29ClFN7O3/c1-2-46-26-13-11-25(12-14-26)42-32(44)28-15-6-22(35)18-30(28)43-31(39-40-34(42)43)20-41-17-16-27-21(19-41)4-3-5-29(27)38-33(45)37-24-9-7-23(36)8-10-24/h3-15,18H,2,16-17,19-20H2,1H3,(H2,37,38,45). The van der Waals surface area contributed by atoms with Gasteiger partial charge in [-0.1, -0.05) is 23.7 Å². The van der Waals surface area contributed by atoms with Crippen molar-refractivity contribution in [1.82, 2.24) is 24.1 Å². The predicted molar refractivity (Wildman–Crippen MR) is 176 cm³/mol. The van der Waals surface area contributed by atoms with Crippen LogP contribution in [0, 0.1) is 5.82 Å². The fraction of sp³-hybridized carbons (Fsp3) is 0.176. The first kappa shape index (κ1) is 29.5. The largest absolute Gasteiger partial charge is 0.494 e. The second-order valence-corrected chi connectivity index (χ2v) is 11.4. The zero-order valence-electron chi connectivity index (χ0n) is 24.8. The van der Waals surface area contributed by atoms with Gasteiger partial charge in [-0.25, -0.2) is 13.8 Å². The van der Waals surface area contributed by atoms with Gasteiger partial charge in [0.1, 0.15) is 11.6 Å². The smallest absolute Gasteiger partial charge is 0.323 e. The molecule has 232 valence electrons. The van der Waals surface area contributed by atoms with E-state index >= 15 is 0 Å². The number of rotatable bonds is 7. The second-order valence-electron chi connectivity index (χ2n) is 11.0. The van der Waals surface area contributed by atoms with Crippen LogP contribution in [0.25, 0.3) is 22.4 Å². The van der Waals surface area contributed by atoms with Gasteiger partial charge in [0, 0.05) is 29.5 Å². The lowest BCUT2D eigenvalue weighted by Crippen LogP contribution is -2.32. The van der Waals surface area contributed by atoms with E-state index in [4.69, 9.17) is 16.3 Å². The van der Waals surface area contributed by atoms with Crippen molar-refractivity contribution in [1.29, 1.82) is 0 Å². The molecule has 0 saturated carbocycles. The summed E-state index contributed by atoms with van der Waals surface area (Å²) in [6.07, 6.45) is 0.697. The van der Waals surface area contributed by atoms with Gasteiger partial charge in [0.15, 0.2) is 5.82 Å². The van der Waals surface area contributed by atoms with Crippen LogP contribution in [0.3, 0.4) is 0 Å². The monoisotopic (exact) mass is 637 g/mol. The lowest BCUT2D eigenvalue weighted by molar-refractivity contribution is 0.239. The van der Waals surface area contributed by atoms with Crippen LogP contribution in [-0.4, -0.2) is 43.2 Å². The molecule has 0 unspecified atom stereocenters. The zero-order valence-corrected chi connectivity index (χ0v) is 25.6. The van der Waals surface area contributed by atoms with Crippen molar-refractivity contribution in [2.45, 2.75) is 26.4 Å². The number of halogens is 2. The van der Waals surface area contributed by atoms with Crippen molar-refractivity contribution >= 4 is 45.7 Å². The number of benzene rings is 4. The number of fused-ring (bicyclic) bond motifs is 4. The minimum absolute atomic E-state index is 0.224. The number of anilines is 2. The van der Waals surface area contributed by atoms with Crippen LogP contribution in [0.2, 0.25) is 5.02 Å². The zero-order chi connectivity index (χ0) is 31.8. The molecule has 0 aliphatic carbocycles. The molecular formula is C34H29ClFN7O3. The van der Waals surface area contributed by atoms with Gasteiger partial charge in [-0.3, -0.25) is 14.1 Å². The highest BCUT2D eigenvalue weighted by Gasteiger charge is 2.24. The van der Waals surface area contributed by atoms with Crippen LogP contribution in [0.1, 0.15) is 23.9 Å². The summed E-state index contributed by atoms with van der Waals surface area (Å²) in [4.78, 5) is 28.7. The first-order valence-electron chi connectivity index (χ1n) is 14.9. The summed E-state index contributed by atoms with van der Waals surface area (Å²) in [5, 5.41) is 15.7. The van der Waals surface area contributed by atoms with Gasteiger partial charge in [0.05, 0.1) is 29.7 Å². The van der Waals surface area contributed by atoms with Gasteiger partial charge in [0.2, 0.25) is 5.78 Å². The summed E-state index contributed by atoms with van der Waals surface area (Å²) < 4.78 is 22.3. The Morgan fingerprint density at radius 2 is 1.80 bits per heavy atom. The minimum Gasteiger partial charge on any atom is -0.494 e. The maximum Gasteiger partial charge on any atom is 0.323 e. The van der Waals surface area contributed by atoms with E-state index in [1.807, 2.05) is 53.8 Å². The van der Waals surface area contributed by atoms with Crippen LogP contribution in [-0.2, 0) is 19.5 Å². The average molecular weight is 638 g/mol. The summed E-state index contributed by atoms with van der Waals surface area (Å²) in [7, 11) is 0. The fourth-order valence-corrected chi connectivity index (χ4v) is 6.08. The van der Waals surface area contributed by atoms with Gasteiger partial charge in [-0.05, 0) is 97.3 Å². The van der Waals surface area contributed by atoms with E-state index in [9.17, 15) is 14.0 Å². The van der Waals surface area contributed by atoms with Crippen molar-refractivity contribution in [3.63, 3.8) is 0 Å². The number of nitrogens with one attached hydrogen (secondary N) is 2. The van der Waals surface area contributed by atoms with Crippen molar-refractivity contribution in [3.8, 4) is 11.4 Å². The van der Waals surface area contributed by atoms with Gasteiger partial charge in [-0.15, -0.1) is 10.2 Å². The Balaban J connectivity index is 1.18. The van der Waals surface area contributed by atoms with Crippen LogP contribution in [0.4, 0.5) is 20.6 Å². The van der Waals surface area contributed by atoms with Crippen LogP contribution < -0.4 is 20.9 Å². The number of hydrogen-bond donors (Lipinski definition) is 2. The van der Waals surface area contributed by atoms with Crippen molar-refractivity contribution < 1.29 is 13.9 Å².